The number of hydrogen-bond donors (Lipinski definition) is 1. The molecule has 0 atom stereocenters. The van der Waals surface area contributed by atoms with E-state index >= 15 is 0 Å². The van der Waals surface area contributed by atoms with E-state index in [4.69, 9.17) is 22.1 Å². The molecule has 2 aromatic carbocycles. The van der Waals surface area contributed by atoms with Crippen molar-refractivity contribution in [3.63, 3.8) is 0 Å². The van der Waals surface area contributed by atoms with Crippen molar-refractivity contribution in [1.29, 1.82) is 0 Å². The Morgan fingerprint density at radius 3 is 2.37 bits per heavy atom. The Kier molecular flexibility index (Phi) is 7.04. The molecule has 1 aliphatic heterocycles. The zero-order valence-corrected chi connectivity index (χ0v) is 16.1. The second-order valence-corrected chi connectivity index (χ2v) is 7.09. The summed E-state index contributed by atoms with van der Waals surface area (Å²) in [6, 6.07) is 18.5. The molecule has 2 N–H and O–H groups in total. The second kappa shape index (κ2) is 9.70. The summed E-state index contributed by atoms with van der Waals surface area (Å²) in [5.74, 6) is -0.425. The van der Waals surface area contributed by atoms with Crippen molar-refractivity contribution in [2.24, 2.45) is 5.73 Å². The molecule has 0 bridgehead atoms. The van der Waals surface area contributed by atoms with Crippen LogP contribution >= 0.6 is 11.6 Å². The summed E-state index contributed by atoms with van der Waals surface area (Å²) in [7, 11) is 0. The molecule has 1 amide bonds. The van der Waals surface area contributed by atoms with E-state index in [1.165, 1.54) is 16.7 Å². The van der Waals surface area contributed by atoms with Gasteiger partial charge in [0, 0.05) is 30.2 Å². The van der Waals surface area contributed by atoms with Gasteiger partial charge in [0.25, 0.3) is 0 Å². The maximum absolute atomic E-state index is 10.7. The van der Waals surface area contributed by atoms with Gasteiger partial charge in [-0.3, -0.25) is 4.79 Å². The van der Waals surface area contributed by atoms with Gasteiger partial charge in [0.1, 0.15) is 6.61 Å². The molecule has 5 heteroatoms. The average molecular weight is 385 g/mol. The highest BCUT2D eigenvalue weighted by Gasteiger charge is 2.20. The second-order valence-electron chi connectivity index (χ2n) is 6.68. The largest absolute Gasteiger partial charge is 0.370 e. The summed E-state index contributed by atoms with van der Waals surface area (Å²) in [6.07, 6.45) is 1.98. The zero-order valence-electron chi connectivity index (χ0n) is 15.4. The van der Waals surface area contributed by atoms with Crippen LogP contribution < -0.4 is 5.73 Å². The van der Waals surface area contributed by atoms with Gasteiger partial charge in [-0.25, -0.2) is 0 Å². The predicted octanol–water partition coefficient (Wildman–Crippen LogP) is 3.74. The van der Waals surface area contributed by atoms with Gasteiger partial charge in [-0.2, -0.15) is 0 Å². The van der Waals surface area contributed by atoms with Crippen LogP contribution in [-0.2, 0) is 9.53 Å². The number of likely N-dealkylation sites (tertiary alicyclic amines) is 1. The molecule has 142 valence electrons. The number of nitrogens with zero attached hydrogens (tertiary/aromatic N) is 1. The van der Waals surface area contributed by atoms with E-state index in [1.54, 1.807) is 0 Å². The summed E-state index contributed by atoms with van der Waals surface area (Å²) in [5, 5.41) is 0.783. The lowest BCUT2D eigenvalue weighted by Crippen LogP contribution is -2.34. The van der Waals surface area contributed by atoms with Crippen LogP contribution in [0.25, 0.3) is 5.57 Å². The van der Waals surface area contributed by atoms with Gasteiger partial charge in [-0.1, -0.05) is 65.7 Å². The summed E-state index contributed by atoms with van der Waals surface area (Å²) in [5.41, 5.74) is 10.1. The van der Waals surface area contributed by atoms with Crippen molar-refractivity contribution in [1.82, 2.24) is 4.90 Å². The molecule has 0 radical (unpaired) electrons. The first-order valence-electron chi connectivity index (χ1n) is 9.26. The van der Waals surface area contributed by atoms with Crippen molar-refractivity contribution >= 4 is 23.1 Å². The lowest BCUT2D eigenvalue weighted by Gasteiger charge is -2.30. The summed E-state index contributed by atoms with van der Waals surface area (Å²) < 4.78 is 5.28. The molecule has 0 aromatic heterocycles. The number of nitrogens with two attached hydrogens (primary N) is 1. The predicted molar refractivity (Wildman–Crippen MR) is 110 cm³/mol. The molecule has 1 saturated heterocycles. The maximum atomic E-state index is 10.7. The number of primary amides is 1. The smallest absolute Gasteiger partial charge is 0.243 e. The number of rotatable bonds is 7. The van der Waals surface area contributed by atoms with Crippen LogP contribution in [-0.4, -0.2) is 43.7 Å². The number of halogens is 1. The van der Waals surface area contributed by atoms with Gasteiger partial charge in [0.2, 0.25) is 5.91 Å². The zero-order chi connectivity index (χ0) is 19.1. The topological polar surface area (TPSA) is 55.6 Å². The number of carbonyl (C=O) groups excluding carboxylic acids is 1. The van der Waals surface area contributed by atoms with Gasteiger partial charge < -0.3 is 15.4 Å². The van der Waals surface area contributed by atoms with Crippen molar-refractivity contribution < 1.29 is 9.53 Å². The number of amides is 1. The molecule has 0 aliphatic carbocycles. The Bertz CT molecular complexity index is 795. The fourth-order valence-corrected chi connectivity index (χ4v) is 3.71. The molecular formula is C22H25ClN2O2. The number of benzene rings is 2. The summed E-state index contributed by atoms with van der Waals surface area (Å²) in [6.45, 7) is 3.27. The minimum atomic E-state index is -0.425. The molecule has 1 heterocycles. The lowest BCUT2D eigenvalue weighted by molar-refractivity contribution is -0.122. The van der Waals surface area contributed by atoms with Crippen LogP contribution in [0.15, 0.2) is 60.2 Å². The first kappa shape index (κ1) is 19.6. The molecule has 1 fully saturated rings. The first-order chi connectivity index (χ1) is 13.1. The van der Waals surface area contributed by atoms with E-state index in [0.717, 1.165) is 43.1 Å². The molecule has 1 aliphatic rings. The molecular weight excluding hydrogens is 360 g/mol. The molecule has 0 unspecified atom stereocenters. The minimum Gasteiger partial charge on any atom is -0.370 e. The van der Waals surface area contributed by atoms with Gasteiger partial charge in [0.05, 0.1) is 6.61 Å². The Morgan fingerprint density at radius 1 is 1.04 bits per heavy atom. The normalized spacial score (nSPS) is 14.9. The van der Waals surface area contributed by atoms with Crippen molar-refractivity contribution in [2.45, 2.75) is 12.8 Å². The van der Waals surface area contributed by atoms with Crippen LogP contribution in [0.5, 0.6) is 0 Å². The van der Waals surface area contributed by atoms with E-state index in [1.807, 2.05) is 24.3 Å². The number of piperidine rings is 1. The number of hydrogen-bond acceptors (Lipinski definition) is 3. The third-order valence-electron chi connectivity index (χ3n) is 4.82. The highest BCUT2D eigenvalue weighted by molar-refractivity contribution is 6.32. The Balaban J connectivity index is 1.75. The Labute approximate surface area is 165 Å². The fourth-order valence-electron chi connectivity index (χ4n) is 3.48. The van der Waals surface area contributed by atoms with E-state index in [-0.39, 0.29) is 6.61 Å². The lowest BCUT2D eigenvalue weighted by atomic mass is 9.88. The first-order valence-corrected chi connectivity index (χ1v) is 9.63. The van der Waals surface area contributed by atoms with Crippen molar-refractivity contribution in [3.05, 3.63) is 76.3 Å². The third-order valence-corrected chi connectivity index (χ3v) is 5.14. The summed E-state index contributed by atoms with van der Waals surface area (Å²) >= 11 is 6.53. The summed E-state index contributed by atoms with van der Waals surface area (Å²) in [4.78, 5) is 13.1. The van der Waals surface area contributed by atoms with Gasteiger partial charge in [0.15, 0.2) is 0 Å². The Morgan fingerprint density at radius 2 is 1.70 bits per heavy atom. The van der Waals surface area contributed by atoms with Crippen LogP contribution in [0.3, 0.4) is 0 Å². The fraction of sp³-hybridized carbons (Fsp3) is 0.318. The van der Waals surface area contributed by atoms with E-state index in [2.05, 4.69) is 35.2 Å². The molecule has 3 rings (SSSR count). The van der Waals surface area contributed by atoms with Crippen LogP contribution in [0, 0.1) is 0 Å². The monoisotopic (exact) mass is 384 g/mol. The molecule has 27 heavy (non-hydrogen) atoms. The maximum Gasteiger partial charge on any atom is 0.243 e. The number of carbonyl (C=O) groups is 1. The average Bonchev–Trinajstić information content (AvgIpc) is 2.69. The minimum absolute atomic E-state index is 0.0103. The van der Waals surface area contributed by atoms with Gasteiger partial charge >= 0.3 is 0 Å². The van der Waals surface area contributed by atoms with E-state index in [0.29, 0.717) is 6.61 Å². The van der Waals surface area contributed by atoms with E-state index < -0.39 is 5.91 Å². The van der Waals surface area contributed by atoms with Crippen LogP contribution in [0.2, 0.25) is 5.02 Å². The quantitative estimate of drug-likeness (QED) is 0.740. The van der Waals surface area contributed by atoms with Gasteiger partial charge in [-0.05, 0) is 30.0 Å². The molecule has 4 nitrogen and oxygen atoms in total. The van der Waals surface area contributed by atoms with E-state index in [9.17, 15) is 4.79 Å². The Hall–Kier alpha value is -2.14. The molecule has 2 aromatic rings. The van der Waals surface area contributed by atoms with Crippen molar-refractivity contribution in [3.8, 4) is 0 Å². The number of ether oxygens (including phenoxy) is 1. The molecule has 0 saturated carbocycles. The van der Waals surface area contributed by atoms with Crippen LogP contribution in [0.4, 0.5) is 0 Å². The SMILES string of the molecule is NC(=O)COCCN1CCC(=C(c2ccccc2)c2ccccc2Cl)CC1. The van der Waals surface area contributed by atoms with Gasteiger partial charge in [-0.15, -0.1) is 0 Å². The third kappa shape index (κ3) is 5.42. The highest BCUT2D eigenvalue weighted by Crippen LogP contribution is 2.35. The molecule has 0 spiro atoms. The van der Waals surface area contributed by atoms with Crippen LogP contribution in [0.1, 0.15) is 24.0 Å². The standard InChI is InChI=1S/C22H25ClN2O2/c23-20-9-5-4-8-19(20)22(17-6-2-1-3-7-17)18-10-12-25(13-11-18)14-15-27-16-21(24)26/h1-9H,10-16H2,(H2,24,26). The van der Waals surface area contributed by atoms with Crippen molar-refractivity contribution in [2.75, 3.05) is 32.8 Å². The highest BCUT2D eigenvalue weighted by atomic mass is 35.5.